The fraction of sp³-hybridized carbons (Fsp3) is 0.571. The number of aromatic nitrogens is 1. The van der Waals surface area contributed by atoms with Crippen molar-refractivity contribution < 1.29 is 9.53 Å². The number of ether oxygens (including phenoxy) is 1. The molecule has 0 aliphatic carbocycles. The van der Waals surface area contributed by atoms with E-state index in [0.717, 1.165) is 18.7 Å². The first-order valence-electron chi connectivity index (χ1n) is 6.75. The number of nitrogens with zero attached hydrogens (tertiary/aromatic N) is 1. The number of unbranched alkanes of at least 4 members (excludes halogenated alkanes) is 2. The van der Waals surface area contributed by atoms with Crippen LogP contribution in [0.3, 0.4) is 0 Å². The third-order valence-electron chi connectivity index (χ3n) is 2.69. The molecule has 0 saturated heterocycles. The minimum atomic E-state index is -0.172. The molecule has 106 valence electrons. The molecule has 0 fully saturated rings. The molecular weight excluding hydrogens is 242 g/mol. The summed E-state index contributed by atoms with van der Waals surface area (Å²) in [5.74, 6) is -0.172. The van der Waals surface area contributed by atoms with Gasteiger partial charge in [0.15, 0.2) is 0 Å². The zero-order chi connectivity index (χ0) is 13.9. The summed E-state index contributed by atoms with van der Waals surface area (Å²) in [4.78, 5) is 15.9. The monoisotopic (exact) mass is 265 g/mol. The van der Waals surface area contributed by atoms with Gasteiger partial charge in [0.2, 0.25) is 0 Å². The van der Waals surface area contributed by atoms with E-state index in [4.69, 9.17) is 4.74 Å². The summed E-state index contributed by atoms with van der Waals surface area (Å²) in [6.07, 6.45) is 5.19. The van der Waals surface area contributed by atoms with Crippen molar-refractivity contribution in [2.75, 3.05) is 32.1 Å². The molecule has 1 heterocycles. The Balaban J connectivity index is 2.44. The summed E-state index contributed by atoms with van der Waals surface area (Å²) in [5, 5.41) is 6.05. The average molecular weight is 265 g/mol. The Bertz CT molecular complexity index is 383. The lowest BCUT2D eigenvalue weighted by Crippen LogP contribution is -2.27. The second-order valence-electron chi connectivity index (χ2n) is 4.31. The molecule has 2 N–H and O–H groups in total. The number of pyridine rings is 1. The minimum Gasteiger partial charge on any atom is -0.385 e. The lowest BCUT2D eigenvalue weighted by atomic mass is 10.2. The topological polar surface area (TPSA) is 63.2 Å². The van der Waals surface area contributed by atoms with Gasteiger partial charge in [-0.05, 0) is 18.6 Å². The molecule has 0 aliphatic rings. The van der Waals surface area contributed by atoms with E-state index >= 15 is 0 Å². The van der Waals surface area contributed by atoms with Gasteiger partial charge in [-0.2, -0.15) is 0 Å². The molecular formula is C14H23N3O2. The van der Waals surface area contributed by atoms with E-state index in [9.17, 15) is 4.79 Å². The maximum Gasteiger partial charge on any atom is 0.270 e. The fourth-order valence-electron chi connectivity index (χ4n) is 1.63. The van der Waals surface area contributed by atoms with Crippen molar-refractivity contribution >= 4 is 11.6 Å². The lowest BCUT2D eigenvalue weighted by Gasteiger charge is -2.08. The zero-order valence-electron chi connectivity index (χ0n) is 11.7. The molecule has 5 nitrogen and oxygen atoms in total. The molecule has 0 atom stereocenters. The van der Waals surface area contributed by atoms with Crippen LogP contribution >= 0.6 is 0 Å². The molecule has 0 saturated carbocycles. The van der Waals surface area contributed by atoms with E-state index in [-0.39, 0.29) is 5.91 Å². The number of methoxy groups -OCH3 is 1. The summed E-state index contributed by atoms with van der Waals surface area (Å²) in [6.45, 7) is 4.09. The van der Waals surface area contributed by atoms with Crippen LogP contribution in [0.2, 0.25) is 0 Å². The molecule has 0 unspecified atom stereocenters. The van der Waals surface area contributed by atoms with Gasteiger partial charge >= 0.3 is 0 Å². The Kier molecular flexibility index (Phi) is 7.58. The highest BCUT2D eigenvalue weighted by atomic mass is 16.5. The standard InChI is InChI=1S/C14H23N3O2/c1-3-4-5-7-15-12-6-8-16-13(11-12)14(18)17-9-10-19-2/h6,8,11H,3-5,7,9-10H2,1-2H3,(H,15,16)(H,17,18). The number of carbonyl (C=O) groups is 1. The molecule has 0 aromatic carbocycles. The Morgan fingerprint density at radius 2 is 2.21 bits per heavy atom. The quantitative estimate of drug-likeness (QED) is 0.671. The summed E-state index contributed by atoms with van der Waals surface area (Å²) < 4.78 is 4.88. The van der Waals surface area contributed by atoms with Crippen LogP contribution in [0, 0.1) is 0 Å². The highest BCUT2D eigenvalue weighted by molar-refractivity contribution is 5.93. The summed E-state index contributed by atoms with van der Waals surface area (Å²) in [7, 11) is 1.60. The second-order valence-corrected chi connectivity index (χ2v) is 4.31. The van der Waals surface area contributed by atoms with Crippen molar-refractivity contribution in [1.82, 2.24) is 10.3 Å². The predicted molar refractivity (Wildman–Crippen MR) is 76.5 cm³/mol. The number of amides is 1. The molecule has 0 radical (unpaired) electrons. The van der Waals surface area contributed by atoms with Gasteiger partial charge in [0.05, 0.1) is 6.61 Å². The fourth-order valence-corrected chi connectivity index (χ4v) is 1.63. The van der Waals surface area contributed by atoms with Crippen LogP contribution in [0.15, 0.2) is 18.3 Å². The largest absolute Gasteiger partial charge is 0.385 e. The molecule has 0 spiro atoms. The summed E-state index contributed by atoms with van der Waals surface area (Å²) >= 11 is 0. The first kappa shape index (κ1) is 15.4. The van der Waals surface area contributed by atoms with Crippen molar-refractivity contribution in [3.8, 4) is 0 Å². The third kappa shape index (κ3) is 6.20. The molecule has 19 heavy (non-hydrogen) atoms. The Morgan fingerprint density at radius 3 is 2.95 bits per heavy atom. The molecule has 1 aromatic rings. The van der Waals surface area contributed by atoms with Gasteiger partial charge < -0.3 is 15.4 Å². The number of carbonyl (C=O) groups excluding carboxylic acids is 1. The molecule has 1 rings (SSSR count). The first-order valence-corrected chi connectivity index (χ1v) is 6.75. The second kappa shape index (κ2) is 9.33. The van der Waals surface area contributed by atoms with Crippen LogP contribution in [-0.4, -0.2) is 37.7 Å². The number of anilines is 1. The van der Waals surface area contributed by atoms with Crippen LogP contribution < -0.4 is 10.6 Å². The zero-order valence-corrected chi connectivity index (χ0v) is 11.7. The van der Waals surface area contributed by atoms with E-state index < -0.39 is 0 Å². The maximum atomic E-state index is 11.8. The number of rotatable bonds is 9. The average Bonchev–Trinajstić information content (AvgIpc) is 2.44. The molecule has 1 aromatic heterocycles. The normalized spacial score (nSPS) is 10.2. The maximum absolute atomic E-state index is 11.8. The van der Waals surface area contributed by atoms with Crippen molar-refractivity contribution in [1.29, 1.82) is 0 Å². The van der Waals surface area contributed by atoms with Crippen LogP contribution in [0.25, 0.3) is 0 Å². The van der Waals surface area contributed by atoms with Crippen molar-refractivity contribution in [2.24, 2.45) is 0 Å². The third-order valence-corrected chi connectivity index (χ3v) is 2.69. The van der Waals surface area contributed by atoms with Crippen LogP contribution in [0.5, 0.6) is 0 Å². The van der Waals surface area contributed by atoms with Gasteiger partial charge in [-0.15, -0.1) is 0 Å². The van der Waals surface area contributed by atoms with E-state index in [2.05, 4.69) is 22.5 Å². The van der Waals surface area contributed by atoms with Gasteiger partial charge in [0.1, 0.15) is 5.69 Å². The molecule has 0 aliphatic heterocycles. The van der Waals surface area contributed by atoms with E-state index in [1.165, 1.54) is 12.8 Å². The SMILES string of the molecule is CCCCCNc1ccnc(C(=O)NCCOC)c1. The number of nitrogens with one attached hydrogen (secondary N) is 2. The van der Waals surface area contributed by atoms with Gasteiger partial charge in [-0.3, -0.25) is 9.78 Å². The van der Waals surface area contributed by atoms with E-state index in [1.54, 1.807) is 19.4 Å². The number of hydrogen-bond acceptors (Lipinski definition) is 4. The van der Waals surface area contributed by atoms with Crippen LogP contribution in [0.4, 0.5) is 5.69 Å². The Morgan fingerprint density at radius 1 is 1.37 bits per heavy atom. The predicted octanol–water partition coefficient (Wildman–Crippen LogP) is 2.06. The molecule has 0 bridgehead atoms. The molecule has 5 heteroatoms. The minimum absolute atomic E-state index is 0.172. The Labute approximate surface area is 114 Å². The summed E-state index contributed by atoms with van der Waals surface area (Å²) in [6, 6.07) is 3.64. The van der Waals surface area contributed by atoms with Crippen LogP contribution in [-0.2, 0) is 4.74 Å². The van der Waals surface area contributed by atoms with Gasteiger partial charge in [0.25, 0.3) is 5.91 Å². The van der Waals surface area contributed by atoms with Crippen molar-refractivity contribution in [3.05, 3.63) is 24.0 Å². The van der Waals surface area contributed by atoms with Crippen molar-refractivity contribution in [3.63, 3.8) is 0 Å². The van der Waals surface area contributed by atoms with Gasteiger partial charge in [-0.1, -0.05) is 19.8 Å². The van der Waals surface area contributed by atoms with E-state index in [1.807, 2.05) is 6.07 Å². The highest BCUT2D eigenvalue weighted by Gasteiger charge is 2.06. The Hall–Kier alpha value is -1.62. The highest BCUT2D eigenvalue weighted by Crippen LogP contribution is 2.08. The number of hydrogen-bond donors (Lipinski definition) is 2. The summed E-state index contributed by atoms with van der Waals surface area (Å²) in [5.41, 5.74) is 1.36. The van der Waals surface area contributed by atoms with Crippen LogP contribution in [0.1, 0.15) is 36.7 Å². The van der Waals surface area contributed by atoms with E-state index in [0.29, 0.717) is 18.8 Å². The lowest BCUT2D eigenvalue weighted by molar-refractivity contribution is 0.0932. The van der Waals surface area contributed by atoms with Gasteiger partial charge in [0, 0.05) is 32.1 Å². The smallest absolute Gasteiger partial charge is 0.270 e. The molecule has 1 amide bonds. The van der Waals surface area contributed by atoms with Crippen molar-refractivity contribution in [2.45, 2.75) is 26.2 Å². The first-order chi connectivity index (χ1) is 9.27. The van der Waals surface area contributed by atoms with Gasteiger partial charge in [-0.25, -0.2) is 0 Å².